The lowest BCUT2D eigenvalue weighted by Crippen LogP contribution is -2.45. The van der Waals surface area contributed by atoms with Gasteiger partial charge < -0.3 is 19.9 Å². The van der Waals surface area contributed by atoms with Gasteiger partial charge in [-0.3, -0.25) is 9.58 Å². The van der Waals surface area contributed by atoms with Gasteiger partial charge in [-0.2, -0.15) is 0 Å². The van der Waals surface area contributed by atoms with Crippen molar-refractivity contribution in [3.05, 3.63) is 6.20 Å². The minimum atomic E-state index is 0. The minimum absolute atomic E-state index is 0. The number of nitrogen functional groups attached to an aromatic ring is 1. The second-order valence-corrected chi connectivity index (χ2v) is 6.68. The average molecular weight is 411 g/mol. The van der Waals surface area contributed by atoms with E-state index < -0.39 is 0 Å². The first-order valence-corrected chi connectivity index (χ1v) is 9.06. The Morgan fingerprint density at radius 3 is 2.42 bits per heavy atom. The number of nitrogens with zero attached hydrogens (tertiary/aromatic N) is 3. The molecule has 0 aromatic carbocycles. The fraction of sp³-hybridized carbons (Fsp3) is 0.824. The maximum atomic E-state index is 6.05. The lowest BCUT2D eigenvalue weighted by atomic mass is 9.90. The highest BCUT2D eigenvalue weighted by molar-refractivity contribution is 5.85. The molecule has 2 N–H and O–H groups in total. The highest BCUT2D eigenvalue weighted by atomic mass is 35.5. The summed E-state index contributed by atoms with van der Waals surface area (Å²) in [6.07, 6.45) is 7.49. The van der Waals surface area contributed by atoms with Gasteiger partial charge in [-0.25, -0.2) is 0 Å². The van der Waals surface area contributed by atoms with Gasteiger partial charge >= 0.3 is 0 Å². The lowest BCUT2D eigenvalue weighted by molar-refractivity contribution is 0.00503. The maximum Gasteiger partial charge on any atom is 0.256 e. The van der Waals surface area contributed by atoms with Crippen molar-refractivity contribution in [3.8, 4) is 5.88 Å². The molecular formula is C17H32Cl2N4O3. The molecule has 9 heteroatoms. The molecule has 2 aliphatic rings. The van der Waals surface area contributed by atoms with Crippen molar-refractivity contribution >= 4 is 30.5 Å². The van der Waals surface area contributed by atoms with Crippen LogP contribution in [-0.2, 0) is 9.47 Å². The fourth-order valence-corrected chi connectivity index (χ4v) is 3.69. The van der Waals surface area contributed by atoms with Crippen LogP contribution in [0.3, 0.4) is 0 Å². The van der Waals surface area contributed by atoms with Crippen molar-refractivity contribution in [1.29, 1.82) is 0 Å². The Morgan fingerprint density at radius 2 is 1.77 bits per heavy atom. The molecule has 152 valence electrons. The molecule has 1 aliphatic heterocycles. The summed E-state index contributed by atoms with van der Waals surface area (Å²) < 4.78 is 18.2. The Balaban J connectivity index is 0.00000169. The van der Waals surface area contributed by atoms with Crippen LogP contribution in [0.25, 0.3) is 0 Å². The lowest BCUT2D eigenvalue weighted by Gasteiger charge is -2.38. The number of nitrogens with two attached hydrogens (primary N) is 1. The van der Waals surface area contributed by atoms with Gasteiger partial charge in [-0.1, -0.05) is 0 Å². The zero-order valence-electron chi connectivity index (χ0n) is 15.5. The van der Waals surface area contributed by atoms with Gasteiger partial charge in [0.1, 0.15) is 5.69 Å². The van der Waals surface area contributed by atoms with Crippen molar-refractivity contribution in [3.63, 3.8) is 0 Å². The Labute approximate surface area is 168 Å². The first kappa shape index (κ1) is 23.3. The summed E-state index contributed by atoms with van der Waals surface area (Å²) in [5.41, 5.74) is 6.67. The highest BCUT2D eigenvalue weighted by Gasteiger charge is 2.28. The molecule has 1 saturated heterocycles. The quantitative estimate of drug-likeness (QED) is 0.696. The summed E-state index contributed by atoms with van der Waals surface area (Å²) in [7, 11) is 1.69. The summed E-state index contributed by atoms with van der Waals surface area (Å²) in [5.74, 6) is 0.557. The third-order valence-electron chi connectivity index (χ3n) is 5.06. The Morgan fingerprint density at radius 1 is 1.12 bits per heavy atom. The van der Waals surface area contributed by atoms with Crippen LogP contribution in [0.4, 0.5) is 5.69 Å². The van der Waals surface area contributed by atoms with E-state index in [-0.39, 0.29) is 24.8 Å². The van der Waals surface area contributed by atoms with Gasteiger partial charge in [0.05, 0.1) is 32.1 Å². The van der Waals surface area contributed by atoms with Crippen molar-refractivity contribution in [2.45, 2.75) is 44.2 Å². The molecule has 0 radical (unpaired) electrons. The number of halogens is 2. The molecular weight excluding hydrogens is 379 g/mol. The summed E-state index contributed by atoms with van der Waals surface area (Å²) in [5, 5.41) is 4.56. The first-order chi connectivity index (χ1) is 11.8. The molecule has 1 aromatic rings. The van der Waals surface area contributed by atoms with Crippen LogP contribution in [0.5, 0.6) is 5.88 Å². The van der Waals surface area contributed by atoms with E-state index in [9.17, 15) is 0 Å². The fourth-order valence-electron chi connectivity index (χ4n) is 3.69. The summed E-state index contributed by atoms with van der Waals surface area (Å²) >= 11 is 0. The van der Waals surface area contributed by atoms with Crippen LogP contribution in [0.2, 0.25) is 0 Å². The molecule has 0 spiro atoms. The predicted molar refractivity (Wildman–Crippen MR) is 107 cm³/mol. The SMILES string of the molecule is COCCCOc1nn([C@H]2CC[C@H](N3CCOCC3)CC2)cc1N.Cl.Cl. The van der Waals surface area contributed by atoms with Gasteiger partial charge in [0.15, 0.2) is 0 Å². The molecule has 2 fully saturated rings. The minimum Gasteiger partial charge on any atom is -0.475 e. The number of hydrogen-bond donors (Lipinski definition) is 1. The van der Waals surface area contributed by atoms with Crippen molar-refractivity contribution in [2.24, 2.45) is 0 Å². The molecule has 0 atom stereocenters. The number of rotatable bonds is 7. The number of anilines is 1. The summed E-state index contributed by atoms with van der Waals surface area (Å²) in [6, 6.07) is 1.13. The van der Waals surface area contributed by atoms with Crippen LogP contribution in [0.1, 0.15) is 38.1 Å². The molecule has 26 heavy (non-hydrogen) atoms. The van der Waals surface area contributed by atoms with Gasteiger partial charge in [-0.05, 0) is 25.7 Å². The van der Waals surface area contributed by atoms with E-state index in [0.717, 1.165) is 45.6 Å². The zero-order valence-corrected chi connectivity index (χ0v) is 17.1. The monoisotopic (exact) mass is 410 g/mol. The molecule has 7 nitrogen and oxygen atoms in total. The molecule has 2 heterocycles. The van der Waals surface area contributed by atoms with Crippen LogP contribution in [0, 0.1) is 0 Å². The van der Waals surface area contributed by atoms with E-state index in [1.165, 1.54) is 12.8 Å². The standard InChI is InChI=1S/C17H30N4O3.2ClH/c1-22-9-2-10-24-17-16(18)13-21(19-17)15-5-3-14(4-6-15)20-7-11-23-12-8-20;;/h13-15H,2-12,18H2,1H3;2*1H/t14-,15-;;. The molecule has 1 aromatic heterocycles. The first-order valence-electron chi connectivity index (χ1n) is 9.06. The van der Waals surface area contributed by atoms with E-state index in [1.54, 1.807) is 7.11 Å². The second-order valence-electron chi connectivity index (χ2n) is 6.68. The van der Waals surface area contributed by atoms with E-state index in [4.69, 9.17) is 19.9 Å². The van der Waals surface area contributed by atoms with E-state index in [1.807, 2.05) is 10.9 Å². The normalized spacial score (nSPS) is 23.7. The summed E-state index contributed by atoms with van der Waals surface area (Å²) in [6.45, 7) is 5.16. The zero-order chi connectivity index (χ0) is 16.8. The smallest absolute Gasteiger partial charge is 0.256 e. The van der Waals surface area contributed by atoms with Gasteiger partial charge in [0, 0.05) is 39.3 Å². The van der Waals surface area contributed by atoms with Crippen molar-refractivity contribution in [1.82, 2.24) is 14.7 Å². The van der Waals surface area contributed by atoms with Gasteiger partial charge in [0.25, 0.3) is 5.88 Å². The number of aromatic nitrogens is 2. The molecule has 1 aliphatic carbocycles. The molecule has 0 amide bonds. The Bertz CT molecular complexity index is 504. The van der Waals surface area contributed by atoms with E-state index >= 15 is 0 Å². The van der Waals surface area contributed by atoms with Crippen molar-refractivity contribution < 1.29 is 14.2 Å². The summed E-state index contributed by atoms with van der Waals surface area (Å²) in [4.78, 5) is 2.58. The molecule has 0 bridgehead atoms. The largest absolute Gasteiger partial charge is 0.475 e. The number of methoxy groups -OCH3 is 1. The van der Waals surface area contributed by atoms with Crippen molar-refractivity contribution in [2.75, 3.05) is 52.4 Å². The van der Waals surface area contributed by atoms with Crippen LogP contribution in [0.15, 0.2) is 6.20 Å². The molecule has 3 rings (SSSR count). The third-order valence-corrected chi connectivity index (χ3v) is 5.06. The Kier molecular flexibility index (Phi) is 10.6. The number of ether oxygens (including phenoxy) is 3. The third kappa shape index (κ3) is 6.16. The predicted octanol–water partition coefficient (Wildman–Crippen LogP) is 2.54. The number of hydrogen-bond acceptors (Lipinski definition) is 6. The maximum absolute atomic E-state index is 6.05. The molecule has 0 unspecified atom stereocenters. The van der Waals surface area contributed by atoms with Crippen LogP contribution >= 0.6 is 24.8 Å². The van der Waals surface area contributed by atoms with Gasteiger partial charge in [-0.15, -0.1) is 29.9 Å². The van der Waals surface area contributed by atoms with Gasteiger partial charge in [0.2, 0.25) is 0 Å². The highest BCUT2D eigenvalue weighted by Crippen LogP contribution is 2.33. The topological polar surface area (TPSA) is 74.8 Å². The van der Waals surface area contributed by atoms with Crippen LogP contribution < -0.4 is 10.5 Å². The van der Waals surface area contributed by atoms with E-state index in [2.05, 4.69) is 10.00 Å². The average Bonchev–Trinajstić information content (AvgIpc) is 3.00. The van der Waals surface area contributed by atoms with E-state index in [0.29, 0.717) is 36.9 Å². The van der Waals surface area contributed by atoms with Crippen LogP contribution in [-0.4, -0.2) is 67.3 Å². The Hall–Kier alpha value is -0.730. The number of morpholine rings is 1. The molecule has 1 saturated carbocycles. The second kappa shape index (κ2) is 11.9.